The molecule has 1 heterocycles. The van der Waals surface area contributed by atoms with Crippen LogP contribution in [-0.2, 0) is 0 Å². The van der Waals surface area contributed by atoms with Crippen LogP contribution in [0, 0.1) is 23.7 Å². The monoisotopic (exact) mass is 237 g/mol. The molecule has 1 nitrogen and oxygen atoms in total. The van der Waals surface area contributed by atoms with Crippen LogP contribution in [0.3, 0.4) is 0 Å². The van der Waals surface area contributed by atoms with Crippen molar-refractivity contribution >= 4 is 0 Å². The van der Waals surface area contributed by atoms with Crippen LogP contribution in [0.5, 0.6) is 0 Å². The van der Waals surface area contributed by atoms with Gasteiger partial charge in [-0.3, -0.25) is 0 Å². The SMILES string of the molecule is CC.CCCN1CCC(CC#CC(C)C)CC1. The maximum Gasteiger partial charge on any atom is 0.0146 e. The molecule has 1 aliphatic rings. The van der Waals surface area contributed by atoms with Crippen molar-refractivity contribution < 1.29 is 0 Å². The third-order valence-electron chi connectivity index (χ3n) is 3.03. The van der Waals surface area contributed by atoms with Crippen molar-refractivity contribution in [1.29, 1.82) is 0 Å². The molecule has 0 aliphatic carbocycles. The summed E-state index contributed by atoms with van der Waals surface area (Å²) in [6, 6.07) is 0. The Balaban J connectivity index is 0.00000121. The molecule has 17 heavy (non-hydrogen) atoms. The Hall–Kier alpha value is -0.480. The Morgan fingerprint density at radius 3 is 2.24 bits per heavy atom. The van der Waals surface area contributed by atoms with E-state index in [9.17, 15) is 0 Å². The molecule has 0 saturated carbocycles. The van der Waals surface area contributed by atoms with E-state index in [0.717, 1.165) is 12.3 Å². The minimum atomic E-state index is 0.533. The number of rotatable bonds is 3. The maximum absolute atomic E-state index is 3.33. The molecular weight excluding hydrogens is 206 g/mol. The van der Waals surface area contributed by atoms with Gasteiger partial charge in [-0.2, -0.15) is 0 Å². The molecule has 0 aromatic carbocycles. The summed E-state index contributed by atoms with van der Waals surface area (Å²) in [5.41, 5.74) is 0. The standard InChI is InChI=1S/C14H25N.C2H6/c1-4-10-15-11-8-14(9-12-15)7-5-6-13(2)3;1-2/h13-14H,4,7-12H2,1-3H3;1-2H3. The fourth-order valence-corrected chi connectivity index (χ4v) is 2.14. The van der Waals surface area contributed by atoms with Crippen LogP contribution in [-0.4, -0.2) is 24.5 Å². The maximum atomic E-state index is 3.33. The smallest absolute Gasteiger partial charge is 0.0146 e. The van der Waals surface area contributed by atoms with Crippen LogP contribution in [0.2, 0.25) is 0 Å². The lowest BCUT2D eigenvalue weighted by Gasteiger charge is -2.30. The average Bonchev–Trinajstić information content (AvgIpc) is 2.34. The zero-order valence-electron chi connectivity index (χ0n) is 12.6. The lowest BCUT2D eigenvalue weighted by atomic mass is 9.93. The third kappa shape index (κ3) is 8.27. The van der Waals surface area contributed by atoms with E-state index < -0.39 is 0 Å². The highest BCUT2D eigenvalue weighted by atomic mass is 15.1. The van der Waals surface area contributed by atoms with Crippen molar-refractivity contribution in [1.82, 2.24) is 4.90 Å². The van der Waals surface area contributed by atoms with Crippen molar-refractivity contribution in [2.24, 2.45) is 11.8 Å². The van der Waals surface area contributed by atoms with Crippen molar-refractivity contribution in [2.45, 2.75) is 60.3 Å². The zero-order chi connectivity index (χ0) is 13.1. The summed E-state index contributed by atoms with van der Waals surface area (Å²) in [7, 11) is 0. The molecular formula is C16H31N. The Morgan fingerprint density at radius 1 is 1.18 bits per heavy atom. The van der Waals surface area contributed by atoms with Crippen LogP contribution in [0.15, 0.2) is 0 Å². The first-order chi connectivity index (χ1) is 8.22. The summed E-state index contributed by atoms with van der Waals surface area (Å²) in [6.45, 7) is 14.5. The molecule has 1 heteroatoms. The lowest BCUT2D eigenvalue weighted by Crippen LogP contribution is -2.34. The highest BCUT2D eigenvalue weighted by Gasteiger charge is 2.17. The first kappa shape index (κ1) is 16.5. The topological polar surface area (TPSA) is 3.24 Å². The quantitative estimate of drug-likeness (QED) is 0.665. The Labute approximate surface area is 109 Å². The van der Waals surface area contributed by atoms with Gasteiger partial charge in [0.1, 0.15) is 0 Å². The van der Waals surface area contributed by atoms with E-state index in [1.165, 1.54) is 38.9 Å². The Kier molecular flexibility index (Phi) is 10.4. The molecule has 1 fully saturated rings. The van der Waals surface area contributed by atoms with Crippen LogP contribution in [0.25, 0.3) is 0 Å². The van der Waals surface area contributed by atoms with E-state index >= 15 is 0 Å². The van der Waals surface area contributed by atoms with Crippen molar-refractivity contribution in [3.05, 3.63) is 0 Å². The predicted molar refractivity (Wildman–Crippen MR) is 78.0 cm³/mol. The van der Waals surface area contributed by atoms with Gasteiger partial charge < -0.3 is 4.90 Å². The van der Waals surface area contributed by atoms with Gasteiger partial charge in [-0.05, 0) is 44.8 Å². The van der Waals surface area contributed by atoms with Gasteiger partial charge in [-0.25, -0.2) is 0 Å². The average molecular weight is 237 g/mol. The summed E-state index contributed by atoms with van der Waals surface area (Å²) < 4.78 is 0. The summed E-state index contributed by atoms with van der Waals surface area (Å²) in [6.07, 6.45) is 5.12. The number of hydrogen-bond acceptors (Lipinski definition) is 1. The van der Waals surface area contributed by atoms with Crippen LogP contribution >= 0.6 is 0 Å². The fraction of sp³-hybridized carbons (Fsp3) is 0.875. The minimum Gasteiger partial charge on any atom is -0.303 e. The molecule has 0 spiro atoms. The van der Waals surface area contributed by atoms with E-state index in [2.05, 4.69) is 37.5 Å². The molecule has 0 aromatic rings. The lowest BCUT2D eigenvalue weighted by molar-refractivity contribution is 0.187. The summed E-state index contributed by atoms with van der Waals surface area (Å²) in [4.78, 5) is 2.59. The van der Waals surface area contributed by atoms with Crippen molar-refractivity contribution in [3.63, 3.8) is 0 Å². The molecule has 1 aliphatic heterocycles. The van der Waals surface area contributed by atoms with Gasteiger partial charge in [0.2, 0.25) is 0 Å². The van der Waals surface area contributed by atoms with Gasteiger partial charge in [0.25, 0.3) is 0 Å². The molecule has 0 bridgehead atoms. The molecule has 100 valence electrons. The Morgan fingerprint density at radius 2 is 1.76 bits per heavy atom. The first-order valence-corrected chi connectivity index (χ1v) is 7.43. The van der Waals surface area contributed by atoms with Crippen LogP contribution in [0.4, 0.5) is 0 Å². The molecule has 0 radical (unpaired) electrons. The summed E-state index contributed by atoms with van der Waals surface area (Å²) in [5.74, 6) is 8.00. The van der Waals surface area contributed by atoms with Crippen molar-refractivity contribution in [2.75, 3.05) is 19.6 Å². The number of nitrogens with zero attached hydrogens (tertiary/aromatic N) is 1. The second-order valence-electron chi connectivity index (χ2n) is 4.96. The molecule has 0 atom stereocenters. The van der Waals surface area contributed by atoms with Gasteiger partial charge in [-0.15, -0.1) is 11.8 Å². The van der Waals surface area contributed by atoms with Crippen LogP contribution < -0.4 is 0 Å². The first-order valence-electron chi connectivity index (χ1n) is 7.43. The highest BCUT2D eigenvalue weighted by molar-refractivity contribution is 5.02. The molecule has 0 aromatic heterocycles. The van der Waals surface area contributed by atoms with E-state index in [1.54, 1.807) is 0 Å². The normalized spacial score (nSPS) is 17.1. The molecule has 0 amide bonds. The number of likely N-dealkylation sites (tertiary alicyclic amines) is 1. The number of piperidine rings is 1. The summed E-state index contributed by atoms with van der Waals surface area (Å²) in [5, 5.41) is 0. The molecule has 0 unspecified atom stereocenters. The van der Waals surface area contributed by atoms with E-state index in [0.29, 0.717) is 5.92 Å². The van der Waals surface area contributed by atoms with Crippen molar-refractivity contribution in [3.8, 4) is 11.8 Å². The molecule has 1 saturated heterocycles. The zero-order valence-corrected chi connectivity index (χ0v) is 12.6. The molecule has 0 N–H and O–H groups in total. The van der Waals surface area contributed by atoms with E-state index in [1.807, 2.05) is 13.8 Å². The van der Waals surface area contributed by atoms with Crippen LogP contribution in [0.1, 0.15) is 60.3 Å². The second kappa shape index (κ2) is 10.7. The predicted octanol–water partition coefficient (Wildman–Crippen LogP) is 4.18. The highest BCUT2D eigenvalue weighted by Crippen LogP contribution is 2.19. The van der Waals surface area contributed by atoms with Gasteiger partial charge in [0.05, 0.1) is 0 Å². The van der Waals surface area contributed by atoms with E-state index in [4.69, 9.17) is 0 Å². The van der Waals surface area contributed by atoms with E-state index in [-0.39, 0.29) is 0 Å². The van der Waals surface area contributed by atoms with Gasteiger partial charge in [-0.1, -0.05) is 34.6 Å². The summed E-state index contributed by atoms with van der Waals surface area (Å²) >= 11 is 0. The fourth-order valence-electron chi connectivity index (χ4n) is 2.14. The third-order valence-corrected chi connectivity index (χ3v) is 3.03. The van der Waals surface area contributed by atoms with Gasteiger partial charge in [0.15, 0.2) is 0 Å². The number of hydrogen-bond donors (Lipinski definition) is 0. The van der Waals surface area contributed by atoms with Gasteiger partial charge >= 0.3 is 0 Å². The largest absolute Gasteiger partial charge is 0.303 e. The minimum absolute atomic E-state index is 0.533. The Bertz CT molecular complexity index is 213. The molecule has 1 rings (SSSR count). The van der Waals surface area contributed by atoms with Gasteiger partial charge in [0, 0.05) is 12.3 Å². The second-order valence-corrected chi connectivity index (χ2v) is 4.96.